The molecule has 0 radical (unpaired) electrons. The Balaban J connectivity index is 2.61. The average molecular weight is 340 g/mol. The Kier molecular flexibility index (Phi) is 7.53. The van der Waals surface area contributed by atoms with Gasteiger partial charge in [0.15, 0.2) is 0 Å². The lowest BCUT2D eigenvalue weighted by Crippen LogP contribution is -2.43. The van der Waals surface area contributed by atoms with E-state index in [1.165, 1.54) is 23.9 Å². The van der Waals surface area contributed by atoms with Crippen LogP contribution in [0.3, 0.4) is 0 Å². The second kappa shape index (κ2) is 9.14. The van der Waals surface area contributed by atoms with Gasteiger partial charge in [-0.1, -0.05) is 19.8 Å². The van der Waals surface area contributed by atoms with Gasteiger partial charge in [-0.05, 0) is 25.5 Å². The van der Waals surface area contributed by atoms with E-state index >= 15 is 0 Å². The molecule has 1 amide bonds. The predicted molar refractivity (Wildman–Crippen MR) is 87.5 cm³/mol. The van der Waals surface area contributed by atoms with Crippen LogP contribution in [0.25, 0.3) is 0 Å². The van der Waals surface area contributed by atoms with Gasteiger partial charge in [-0.3, -0.25) is 14.9 Å². The van der Waals surface area contributed by atoms with E-state index in [1.54, 1.807) is 19.1 Å². The second-order valence-electron chi connectivity index (χ2n) is 5.05. The molecule has 0 aliphatic carbocycles. The van der Waals surface area contributed by atoms with Gasteiger partial charge in [-0.2, -0.15) is 0 Å². The first-order valence-electron chi connectivity index (χ1n) is 7.29. The van der Waals surface area contributed by atoms with Crippen LogP contribution < -0.4 is 5.32 Å². The predicted octanol–water partition coefficient (Wildman–Crippen LogP) is 2.84. The summed E-state index contributed by atoms with van der Waals surface area (Å²) >= 11 is 1.22. The number of nitro benzene ring substituents is 1. The van der Waals surface area contributed by atoms with E-state index < -0.39 is 22.2 Å². The zero-order valence-corrected chi connectivity index (χ0v) is 13.8. The number of rotatable bonds is 9. The summed E-state index contributed by atoms with van der Waals surface area (Å²) in [6, 6.07) is 4.99. The topological polar surface area (TPSA) is 110 Å². The van der Waals surface area contributed by atoms with Crippen LogP contribution in [0.2, 0.25) is 0 Å². The third kappa shape index (κ3) is 6.27. The lowest BCUT2D eigenvalue weighted by Gasteiger charge is -2.17. The SMILES string of the molecule is CCCCC(NC(=O)C(C)Sc1ccc([N+](=O)[O-])cc1)C(=O)O. The van der Waals surface area contributed by atoms with E-state index in [1.807, 2.05) is 6.92 Å². The molecule has 7 nitrogen and oxygen atoms in total. The number of thioether (sulfide) groups is 1. The summed E-state index contributed by atoms with van der Waals surface area (Å²) < 4.78 is 0. The van der Waals surface area contributed by atoms with Crippen molar-refractivity contribution in [2.75, 3.05) is 0 Å². The van der Waals surface area contributed by atoms with Crippen LogP contribution in [0, 0.1) is 10.1 Å². The van der Waals surface area contributed by atoms with Gasteiger partial charge in [-0.25, -0.2) is 4.79 Å². The highest BCUT2D eigenvalue weighted by Gasteiger charge is 2.23. The molecule has 23 heavy (non-hydrogen) atoms. The fourth-order valence-electron chi connectivity index (χ4n) is 1.86. The molecule has 0 bridgehead atoms. The van der Waals surface area contributed by atoms with Crippen LogP contribution in [-0.4, -0.2) is 33.2 Å². The van der Waals surface area contributed by atoms with Crippen LogP contribution in [0.5, 0.6) is 0 Å². The lowest BCUT2D eigenvalue weighted by molar-refractivity contribution is -0.384. The fourth-order valence-corrected chi connectivity index (χ4v) is 2.74. The molecule has 2 unspecified atom stereocenters. The first-order chi connectivity index (χ1) is 10.8. The number of carbonyl (C=O) groups excluding carboxylic acids is 1. The summed E-state index contributed by atoms with van der Waals surface area (Å²) in [5.41, 5.74) is -0.0167. The quantitative estimate of drug-likeness (QED) is 0.406. The number of benzene rings is 1. The number of hydrogen-bond acceptors (Lipinski definition) is 5. The van der Waals surface area contributed by atoms with Gasteiger partial charge >= 0.3 is 5.97 Å². The molecule has 0 saturated carbocycles. The van der Waals surface area contributed by atoms with Crippen LogP contribution in [0.1, 0.15) is 33.1 Å². The molecule has 126 valence electrons. The van der Waals surface area contributed by atoms with E-state index in [0.717, 1.165) is 12.8 Å². The number of nitrogens with zero attached hydrogens (tertiary/aromatic N) is 1. The monoisotopic (exact) mass is 340 g/mol. The van der Waals surface area contributed by atoms with Gasteiger partial charge in [0.1, 0.15) is 6.04 Å². The van der Waals surface area contributed by atoms with Crippen LogP contribution >= 0.6 is 11.8 Å². The van der Waals surface area contributed by atoms with Gasteiger partial charge in [0.25, 0.3) is 5.69 Å². The Labute approximate surface area is 138 Å². The minimum Gasteiger partial charge on any atom is -0.480 e. The summed E-state index contributed by atoms with van der Waals surface area (Å²) in [6.45, 7) is 3.62. The minimum atomic E-state index is -1.04. The highest BCUT2D eigenvalue weighted by atomic mass is 32.2. The molecule has 0 fully saturated rings. The molecule has 0 heterocycles. The average Bonchev–Trinajstić information content (AvgIpc) is 2.51. The third-order valence-corrected chi connectivity index (χ3v) is 4.30. The lowest BCUT2D eigenvalue weighted by atomic mass is 10.1. The summed E-state index contributed by atoms with van der Waals surface area (Å²) in [5.74, 6) is -1.41. The standard InChI is InChI=1S/C15H20N2O5S/c1-3-4-5-13(15(19)20)16-14(18)10(2)23-12-8-6-11(7-9-12)17(21)22/h6-10,13H,3-5H2,1-2H3,(H,16,18)(H,19,20). The first kappa shape index (κ1) is 19.0. The van der Waals surface area contributed by atoms with Gasteiger partial charge in [0, 0.05) is 17.0 Å². The van der Waals surface area contributed by atoms with Crippen molar-refractivity contribution in [3.63, 3.8) is 0 Å². The van der Waals surface area contributed by atoms with Crippen molar-refractivity contribution in [2.24, 2.45) is 0 Å². The molecule has 0 aliphatic rings. The van der Waals surface area contributed by atoms with Gasteiger partial charge < -0.3 is 10.4 Å². The number of carbonyl (C=O) groups is 2. The number of carboxylic acid groups (broad SMARTS) is 1. The van der Waals surface area contributed by atoms with Gasteiger partial charge in [0.05, 0.1) is 10.2 Å². The van der Waals surface area contributed by atoms with E-state index in [2.05, 4.69) is 5.32 Å². The van der Waals surface area contributed by atoms with E-state index in [0.29, 0.717) is 11.3 Å². The summed E-state index contributed by atoms with van der Waals surface area (Å²) in [4.78, 5) is 34.0. The largest absolute Gasteiger partial charge is 0.480 e. The second-order valence-corrected chi connectivity index (χ2v) is 6.47. The van der Waals surface area contributed by atoms with E-state index in [4.69, 9.17) is 5.11 Å². The number of unbranched alkanes of at least 4 members (excludes halogenated alkanes) is 1. The molecule has 0 spiro atoms. The number of amides is 1. The van der Waals surface area contributed by atoms with Crippen molar-refractivity contribution in [1.82, 2.24) is 5.32 Å². The molecular formula is C15H20N2O5S. The van der Waals surface area contributed by atoms with E-state index in [9.17, 15) is 19.7 Å². The van der Waals surface area contributed by atoms with Gasteiger partial charge in [0.2, 0.25) is 5.91 Å². The summed E-state index contributed by atoms with van der Waals surface area (Å²) in [6.07, 6.45) is 1.97. The molecule has 2 N–H and O–H groups in total. The maximum absolute atomic E-state index is 12.1. The smallest absolute Gasteiger partial charge is 0.326 e. The molecule has 2 atom stereocenters. The number of nitro groups is 1. The number of aliphatic carboxylic acids is 1. The Hall–Kier alpha value is -2.09. The molecule has 1 aromatic rings. The van der Waals surface area contributed by atoms with Crippen LogP contribution in [-0.2, 0) is 9.59 Å². The molecular weight excluding hydrogens is 320 g/mol. The third-order valence-electron chi connectivity index (χ3n) is 3.19. The van der Waals surface area contributed by atoms with Crippen LogP contribution in [0.15, 0.2) is 29.2 Å². The zero-order valence-electron chi connectivity index (χ0n) is 13.0. The van der Waals surface area contributed by atoms with E-state index in [-0.39, 0.29) is 11.6 Å². The highest BCUT2D eigenvalue weighted by Crippen LogP contribution is 2.25. The Morgan fingerprint density at radius 1 is 1.35 bits per heavy atom. The van der Waals surface area contributed by atoms with Crippen LogP contribution in [0.4, 0.5) is 5.69 Å². The number of carboxylic acids is 1. The zero-order chi connectivity index (χ0) is 17.4. The highest BCUT2D eigenvalue weighted by molar-refractivity contribution is 8.00. The first-order valence-corrected chi connectivity index (χ1v) is 8.17. The van der Waals surface area contributed by atoms with Crippen molar-refractivity contribution in [2.45, 2.75) is 49.3 Å². The number of hydrogen-bond donors (Lipinski definition) is 2. The molecule has 1 aromatic carbocycles. The van der Waals surface area contributed by atoms with Crippen molar-refractivity contribution in [1.29, 1.82) is 0 Å². The number of nitrogens with one attached hydrogen (secondary N) is 1. The minimum absolute atomic E-state index is 0.0167. The normalized spacial score (nSPS) is 13.1. The molecule has 0 aromatic heterocycles. The molecule has 0 aliphatic heterocycles. The Bertz CT molecular complexity index is 561. The molecule has 1 rings (SSSR count). The maximum atomic E-state index is 12.1. The number of non-ortho nitro benzene ring substituents is 1. The Morgan fingerprint density at radius 2 is 1.96 bits per heavy atom. The van der Waals surface area contributed by atoms with Crippen molar-refractivity contribution in [3.8, 4) is 0 Å². The Morgan fingerprint density at radius 3 is 2.43 bits per heavy atom. The molecule has 8 heteroatoms. The molecule has 0 saturated heterocycles. The summed E-state index contributed by atoms with van der Waals surface area (Å²) in [5, 5.41) is 21.7. The summed E-state index contributed by atoms with van der Waals surface area (Å²) in [7, 11) is 0. The van der Waals surface area contributed by atoms with Gasteiger partial charge in [-0.15, -0.1) is 11.8 Å². The van der Waals surface area contributed by atoms with Crippen molar-refractivity contribution < 1.29 is 19.6 Å². The fraction of sp³-hybridized carbons (Fsp3) is 0.467. The van der Waals surface area contributed by atoms with Crippen molar-refractivity contribution >= 4 is 29.3 Å². The van der Waals surface area contributed by atoms with Crippen molar-refractivity contribution in [3.05, 3.63) is 34.4 Å². The maximum Gasteiger partial charge on any atom is 0.326 e.